The Morgan fingerprint density at radius 1 is 1.00 bits per heavy atom. The number of fused-ring (bicyclic) bond motifs is 1. The zero-order valence-electron chi connectivity index (χ0n) is 16.4. The maximum Gasteiger partial charge on any atom is 0.291 e. The van der Waals surface area contributed by atoms with Gasteiger partial charge in [-0.05, 0) is 32.0 Å². The minimum absolute atomic E-state index is 0.0667. The van der Waals surface area contributed by atoms with Crippen LogP contribution in [0, 0.1) is 0 Å². The summed E-state index contributed by atoms with van der Waals surface area (Å²) in [4.78, 5) is 25.4. The van der Waals surface area contributed by atoms with Crippen molar-refractivity contribution in [3.8, 4) is 0 Å². The van der Waals surface area contributed by atoms with Crippen LogP contribution in [-0.2, 0) is 15.6 Å². The second-order valence-corrected chi connectivity index (χ2v) is 9.24. The first-order chi connectivity index (χ1) is 13.7. The molecule has 7 nitrogen and oxygen atoms in total. The van der Waals surface area contributed by atoms with Crippen LogP contribution in [0.25, 0.3) is 11.0 Å². The van der Waals surface area contributed by atoms with E-state index >= 15 is 0 Å². The number of carbonyl (C=O) groups is 2. The zero-order valence-corrected chi connectivity index (χ0v) is 17.2. The van der Waals surface area contributed by atoms with E-state index in [1.165, 1.54) is 0 Å². The Balaban J connectivity index is 2.00. The second kappa shape index (κ2) is 8.08. The van der Waals surface area contributed by atoms with Crippen molar-refractivity contribution in [2.24, 2.45) is 0 Å². The molecular formula is C21H22N2O5S. The second-order valence-electron chi connectivity index (χ2n) is 7.10. The quantitative estimate of drug-likeness (QED) is 0.643. The number of para-hydroxylation sites is 2. The number of sulfone groups is 1. The molecule has 0 atom stereocenters. The number of carbonyl (C=O) groups excluding carboxylic acids is 2. The largest absolute Gasteiger partial charge is 0.451 e. The predicted octanol–water partition coefficient (Wildman–Crippen LogP) is 3.37. The number of anilines is 1. The number of hydrogen-bond acceptors (Lipinski definition) is 5. The van der Waals surface area contributed by atoms with Gasteiger partial charge in [0.25, 0.3) is 11.8 Å². The molecule has 0 aliphatic carbocycles. The molecule has 0 bridgehead atoms. The van der Waals surface area contributed by atoms with Crippen LogP contribution in [0.15, 0.2) is 52.9 Å². The fourth-order valence-electron chi connectivity index (χ4n) is 3.00. The molecule has 1 heterocycles. The third-order valence-electron chi connectivity index (χ3n) is 4.15. The lowest BCUT2D eigenvalue weighted by molar-refractivity contribution is 0.0944. The summed E-state index contributed by atoms with van der Waals surface area (Å²) >= 11 is 0. The Morgan fingerprint density at radius 2 is 1.66 bits per heavy atom. The van der Waals surface area contributed by atoms with Crippen LogP contribution < -0.4 is 10.6 Å². The lowest BCUT2D eigenvalue weighted by Gasteiger charge is -2.13. The molecule has 2 aromatic carbocycles. The highest BCUT2D eigenvalue weighted by molar-refractivity contribution is 7.89. The Kier molecular flexibility index (Phi) is 5.74. The third-order valence-corrected chi connectivity index (χ3v) is 4.96. The van der Waals surface area contributed by atoms with E-state index < -0.39 is 15.7 Å². The van der Waals surface area contributed by atoms with E-state index in [1.54, 1.807) is 48.5 Å². The molecule has 1 aromatic heterocycles. The summed E-state index contributed by atoms with van der Waals surface area (Å²) < 4.78 is 29.5. The average molecular weight is 414 g/mol. The zero-order chi connectivity index (χ0) is 21.2. The molecule has 0 spiro atoms. The van der Waals surface area contributed by atoms with E-state index in [0.29, 0.717) is 27.8 Å². The Hall–Kier alpha value is -3.13. The van der Waals surface area contributed by atoms with Gasteiger partial charge in [0.05, 0.1) is 17.0 Å². The Bertz CT molecular complexity index is 1180. The van der Waals surface area contributed by atoms with Gasteiger partial charge in [-0.15, -0.1) is 0 Å². The minimum Gasteiger partial charge on any atom is -0.451 e. The first-order valence-corrected chi connectivity index (χ1v) is 11.1. The van der Waals surface area contributed by atoms with Gasteiger partial charge in [-0.2, -0.15) is 0 Å². The van der Waals surface area contributed by atoms with E-state index in [4.69, 9.17) is 4.42 Å². The number of amides is 2. The molecule has 29 heavy (non-hydrogen) atoms. The maximum absolute atomic E-state index is 13.0. The molecule has 8 heteroatoms. The van der Waals surface area contributed by atoms with Gasteiger partial charge in [0.1, 0.15) is 5.58 Å². The van der Waals surface area contributed by atoms with E-state index in [1.807, 2.05) is 13.8 Å². The molecule has 0 aliphatic rings. The van der Waals surface area contributed by atoms with Crippen LogP contribution in [0.4, 0.5) is 5.69 Å². The average Bonchev–Trinajstić information content (AvgIpc) is 2.98. The van der Waals surface area contributed by atoms with Gasteiger partial charge in [0.15, 0.2) is 15.6 Å². The summed E-state index contributed by atoms with van der Waals surface area (Å²) in [6.45, 7) is 3.68. The van der Waals surface area contributed by atoms with Crippen molar-refractivity contribution in [1.82, 2.24) is 5.32 Å². The van der Waals surface area contributed by atoms with Gasteiger partial charge in [-0.25, -0.2) is 8.42 Å². The van der Waals surface area contributed by atoms with Crippen molar-refractivity contribution in [3.05, 3.63) is 65.4 Å². The number of nitrogens with one attached hydrogen (secondary N) is 2. The van der Waals surface area contributed by atoms with Crippen molar-refractivity contribution < 1.29 is 22.4 Å². The lowest BCUT2D eigenvalue weighted by atomic mass is 10.1. The fraction of sp³-hybridized carbons (Fsp3) is 0.238. The third kappa shape index (κ3) is 4.83. The standard InChI is InChI=1S/C21H22N2O5S/c1-13(2)22-20(24)15-9-4-6-10-17(15)23-21(25)19-16(12-29(3,26)27)14-8-5-7-11-18(14)28-19/h4-11,13H,12H2,1-3H3,(H,22,24)(H,23,25). The molecule has 152 valence electrons. The first-order valence-electron chi connectivity index (χ1n) is 9.05. The molecule has 0 radical (unpaired) electrons. The number of furan rings is 1. The van der Waals surface area contributed by atoms with Crippen LogP contribution >= 0.6 is 0 Å². The summed E-state index contributed by atoms with van der Waals surface area (Å²) in [5, 5.41) is 6.03. The SMILES string of the molecule is CC(C)NC(=O)c1ccccc1NC(=O)c1oc2ccccc2c1CS(C)(=O)=O. The van der Waals surface area contributed by atoms with Crippen LogP contribution in [-0.4, -0.2) is 32.5 Å². The van der Waals surface area contributed by atoms with Crippen molar-refractivity contribution in [1.29, 1.82) is 0 Å². The topological polar surface area (TPSA) is 105 Å². The molecular weight excluding hydrogens is 392 g/mol. The highest BCUT2D eigenvalue weighted by Crippen LogP contribution is 2.28. The van der Waals surface area contributed by atoms with Crippen molar-refractivity contribution in [3.63, 3.8) is 0 Å². The molecule has 0 fully saturated rings. The van der Waals surface area contributed by atoms with Crippen LogP contribution in [0.1, 0.15) is 40.3 Å². The number of rotatable bonds is 6. The van der Waals surface area contributed by atoms with Crippen molar-refractivity contribution >= 4 is 38.3 Å². The molecule has 3 rings (SSSR count). The van der Waals surface area contributed by atoms with Crippen LogP contribution in [0.2, 0.25) is 0 Å². The summed E-state index contributed by atoms with van der Waals surface area (Å²) in [5.41, 5.74) is 1.32. The van der Waals surface area contributed by atoms with E-state index in [0.717, 1.165) is 6.26 Å². The normalized spacial score (nSPS) is 11.6. The summed E-state index contributed by atoms with van der Waals surface area (Å²) in [6.07, 6.45) is 1.10. The van der Waals surface area contributed by atoms with E-state index in [9.17, 15) is 18.0 Å². The van der Waals surface area contributed by atoms with Gasteiger partial charge in [0, 0.05) is 23.2 Å². The highest BCUT2D eigenvalue weighted by atomic mass is 32.2. The van der Waals surface area contributed by atoms with Crippen LogP contribution in [0.3, 0.4) is 0 Å². The van der Waals surface area contributed by atoms with Gasteiger partial charge < -0.3 is 15.1 Å². The fourth-order valence-corrected chi connectivity index (χ4v) is 3.81. The molecule has 0 unspecified atom stereocenters. The summed E-state index contributed by atoms with van der Waals surface area (Å²) in [7, 11) is -3.41. The van der Waals surface area contributed by atoms with Gasteiger partial charge in [-0.1, -0.05) is 30.3 Å². The Morgan fingerprint density at radius 3 is 2.34 bits per heavy atom. The maximum atomic E-state index is 13.0. The molecule has 0 saturated heterocycles. The molecule has 2 amide bonds. The van der Waals surface area contributed by atoms with Gasteiger partial charge in [-0.3, -0.25) is 9.59 Å². The monoisotopic (exact) mass is 414 g/mol. The van der Waals surface area contributed by atoms with Crippen LogP contribution in [0.5, 0.6) is 0 Å². The molecule has 2 N–H and O–H groups in total. The van der Waals surface area contributed by atoms with E-state index in [-0.39, 0.29) is 23.5 Å². The Labute approximate surface area is 169 Å². The molecule has 0 aliphatic heterocycles. The molecule has 3 aromatic rings. The highest BCUT2D eigenvalue weighted by Gasteiger charge is 2.24. The van der Waals surface area contributed by atoms with E-state index in [2.05, 4.69) is 10.6 Å². The number of benzene rings is 2. The van der Waals surface area contributed by atoms with Crippen molar-refractivity contribution in [2.75, 3.05) is 11.6 Å². The summed E-state index contributed by atoms with van der Waals surface area (Å²) in [5.74, 6) is -1.36. The smallest absolute Gasteiger partial charge is 0.291 e. The van der Waals surface area contributed by atoms with Gasteiger partial charge in [0.2, 0.25) is 0 Å². The summed E-state index contributed by atoms with van der Waals surface area (Å²) in [6, 6.07) is 13.4. The lowest BCUT2D eigenvalue weighted by Crippen LogP contribution is -2.31. The van der Waals surface area contributed by atoms with Gasteiger partial charge >= 0.3 is 0 Å². The number of hydrogen-bond donors (Lipinski definition) is 2. The van der Waals surface area contributed by atoms with Crippen molar-refractivity contribution in [2.45, 2.75) is 25.6 Å². The predicted molar refractivity (Wildman–Crippen MR) is 112 cm³/mol. The molecule has 0 saturated carbocycles. The first kappa shape index (κ1) is 20.6. The minimum atomic E-state index is -3.41.